The van der Waals surface area contributed by atoms with Crippen LogP contribution in [0.15, 0.2) is 76.1 Å². The van der Waals surface area contributed by atoms with Crippen molar-refractivity contribution >= 4 is 44.6 Å². The van der Waals surface area contributed by atoms with Crippen LogP contribution in [0.1, 0.15) is 16.2 Å². The number of thioether (sulfide) groups is 1. The molecule has 0 radical (unpaired) electrons. The van der Waals surface area contributed by atoms with E-state index in [2.05, 4.69) is 15.9 Å². The van der Waals surface area contributed by atoms with Crippen LogP contribution >= 0.6 is 27.7 Å². The molecule has 7 heteroatoms. The molecule has 0 saturated carbocycles. The number of halogens is 2. The zero-order chi connectivity index (χ0) is 19.7. The Hall–Kier alpha value is -2.64. The second-order valence-electron chi connectivity index (χ2n) is 6.15. The summed E-state index contributed by atoms with van der Waals surface area (Å²) in [5.74, 6) is 0.620. The minimum absolute atomic E-state index is 0.296. The van der Waals surface area contributed by atoms with E-state index in [0.717, 1.165) is 26.4 Å². The van der Waals surface area contributed by atoms with Gasteiger partial charge in [-0.3, -0.25) is 9.36 Å². The molecule has 2 N–H and O–H groups in total. The van der Waals surface area contributed by atoms with Crippen molar-refractivity contribution in [3.05, 3.63) is 88.4 Å². The first-order valence-corrected chi connectivity index (χ1v) is 10.2. The fourth-order valence-corrected chi connectivity index (χ4v) is 4.02. The summed E-state index contributed by atoms with van der Waals surface area (Å²) in [4.78, 5) is 17.3. The number of carbonyl (C=O) groups is 1. The number of primary amides is 1. The summed E-state index contributed by atoms with van der Waals surface area (Å²) in [6, 6.07) is 19.5. The first kappa shape index (κ1) is 18.7. The molecule has 0 aliphatic carbocycles. The van der Waals surface area contributed by atoms with E-state index in [-0.39, 0.29) is 5.82 Å². The van der Waals surface area contributed by atoms with Gasteiger partial charge in [0.2, 0.25) is 5.91 Å². The Morgan fingerprint density at radius 2 is 1.79 bits per heavy atom. The van der Waals surface area contributed by atoms with E-state index in [1.165, 1.54) is 12.1 Å². The molecule has 0 saturated heterocycles. The van der Waals surface area contributed by atoms with Gasteiger partial charge in [0.15, 0.2) is 0 Å². The normalized spacial score (nSPS) is 11.1. The highest BCUT2D eigenvalue weighted by atomic mass is 79.9. The summed E-state index contributed by atoms with van der Waals surface area (Å²) < 4.78 is 16.4. The predicted octanol–water partition coefficient (Wildman–Crippen LogP) is 5.32. The van der Waals surface area contributed by atoms with Crippen LogP contribution in [0.3, 0.4) is 0 Å². The number of rotatable bonds is 5. The van der Waals surface area contributed by atoms with Crippen LogP contribution in [-0.4, -0.2) is 15.5 Å². The highest BCUT2D eigenvalue weighted by Crippen LogP contribution is 2.29. The molecule has 3 aromatic carbocycles. The first-order chi connectivity index (χ1) is 13.5. The van der Waals surface area contributed by atoms with Crippen molar-refractivity contribution in [1.29, 1.82) is 0 Å². The highest BCUT2D eigenvalue weighted by Gasteiger charge is 2.15. The van der Waals surface area contributed by atoms with E-state index in [1.807, 2.05) is 34.9 Å². The van der Waals surface area contributed by atoms with E-state index >= 15 is 0 Å². The van der Waals surface area contributed by atoms with Gasteiger partial charge < -0.3 is 5.73 Å². The third-order valence-electron chi connectivity index (χ3n) is 4.27. The minimum Gasteiger partial charge on any atom is -0.366 e. The number of aromatic nitrogens is 2. The third-order valence-corrected chi connectivity index (χ3v) is 5.81. The fraction of sp³-hybridized carbons (Fsp3) is 0.0476. The summed E-state index contributed by atoms with van der Waals surface area (Å²) in [6.45, 7) is 0. The maximum Gasteiger partial charge on any atom is 0.248 e. The molecule has 1 heterocycles. The van der Waals surface area contributed by atoms with Gasteiger partial charge >= 0.3 is 0 Å². The summed E-state index contributed by atoms with van der Waals surface area (Å²) in [6.07, 6.45) is 0. The van der Waals surface area contributed by atoms with Gasteiger partial charge in [0.1, 0.15) is 11.6 Å². The Morgan fingerprint density at radius 1 is 1.07 bits per heavy atom. The van der Waals surface area contributed by atoms with Crippen LogP contribution in [0.5, 0.6) is 0 Å². The predicted molar refractivity (Wildman–Crippen MR) is 113 cm³/mol. The number of benzene rings is 3. The number of imidazole rings is 1. The van der Waals surface area contributed by atoms with Gasteiger partial charge in [0, 0.05) is 20.6 Å². The summed E-state index contributed by atoms with van der Waals surface area (Å²) in [5.41, 5.74) is 8.12. The molecule has 0 atom stereocenters. The van der Waals surface area contributed by atoms with Gasteiger partial charge in [-0.05, 0) is 66.7 Å². The number of nitrogens with two attached hydrogens (primary N) is 1. The van der Waals surface area contributed by atoms with Gasteiger partial charge in [0.05, 0.1) is 16.8 Å². The number of nitrogens with zero attached hydrogens (tertiary/aromatic N) is 2. The van der Waals surface area contributed by atoms with Crippen molar-refractivity contribution < 1.29 is 9.18 Å². The minimum atomic E-state index is -0.496. The molecule has 0 spiro atoms. The maximum absolute atomic E-state index is 13.4. The van der Waals surface area contributed by atoms with Crippen molar-refractivity contribution in [1.82, 2.24) is 9.55 Å². The molecule has 0 aliphatic heterocycles. The fourth-order valence-electron chi connectivity index (χ4n) is 2.94. The van der Waals surface area contributed by atoms with Crippen LogP contribution < -0.4 is 5.73 Å². The first-order valence-electron chi connectivity index (χ1n) is 8.47. The Kier molecular flexibility index (Phi) is 5.19. The van der Waals surface area contributed by atoms with Gasteiger partial charge in [-0.1, -0.05) is 15.9 Å². The van der Waals surface area contributed by atoms with Gasteiger partial charge in [-0.15, -0.1) is 11.8 Å². The van der Waals surface area contributed by atoms with Crippen LogP contribution in [-0.2, 0) is 5.75 Å². The maximum atomic E-state index is 13.4. The largest absolute Gasteiger partial charge is 0.366 e. The topological polar surface area (TPSA) is 60.9 Å². The molecule has 4 aromatic rings. The summed E-state index contributed by atoms with van der Waals surface area (Å²) in [7, 11) is 0. The third kappa shape index (κ3) is 3.81. The zero-order valence-electron chi connectivity index (χ0n) is 14.6. The second kappa shape index (κ2) is 7.77. The monoisotopic (exact) mass is 455 g/mol. The zero-order valence-corrected chi connectivity index (χ0v) is 17.0. The quantitative estimate of drug-likeness (QED) is 0.414. The molecule has 4 rings (SSSR count). The second-order valence-corrected chi connectivity index (χ2v) is 8.11. The number of hydrogen-bond donors (Lipinski definition) is 1. The molecule has 0 unspecified atom stereocenters. The average Bonchev–Trinajstić information content (AvgIpc) is 3.05. The van der Waals surface area contributed by atoms with E-state index in [9.17, 15) is 9.18 Å². The molecule has 4 nitrogen and oxygen atoms in total. The van der Waals surface area contributed by atoms with Gasteiger partial charge in [-0.25, -0.2) is 9.37 Å². The van der Waals surface area contributed by atoms with Crippen molar-refractivity contribution in [2.24, 2.45) is 5.73 Å². The van der Waals surface area contributed by atoms with Crippen molar-refractivity contribution in [2.75, 3.05) is 0 Å². The van der Waals surface area contributed by atoms with Crippen LogP contribution in [0.2, 0.25) is 0 Å². The lowest BCUT2D eigenvalue weighted by Crippen LogP contribution is -2.10. The van der Waals surface area contributed by atoms with Crippen molar-refractivity contribution in [3.63, 3.8) is 0 Å². The lowest BCUT2D eigenvalue weighted by molar-refractivity contribution is 0.100. The van der Waals surface area contributed by atoms with Crippen LogP contribution in [0, 0.1) is 5.82 Å². The molecule has 140 valence electrons. The van der Waals surface area contributed by atoms with Gasteiger partial charge in [0.25, 0.3) is 0 Å². The van der Waals surface area contributed by atoms with Crippen LogP contribution in [0.4, 0.5) is 4.39 Å². The Labute approximate surface area is 173 Å². The number of carbonyl (C=O) groups excluding carboxylic acids is 1. The van der Waals surface area contributed by atoms with E-state index in [4.69, 9.17) is 10.7 Å². The standard InChI is InChI=1S/C21H15BrFN3OS/c22-14-2-8-17(9-3-14)28-12-20-25-18-11-13(21(24)27)1-10-19(18)26(20)16-6-4-15(23)5-7-16/h1-11H,12H2,(H2,24,27). The SMILES string of the molecule is NC(=O)c1ccc2c(c1)nc(CSc1ccc(Br)cc1)n2-c1ccc(F)cc1. The molecule has 1 aromatic heterocycles. The molecular formula is C21H15BrFN3OS. The van der Waals surface area contributed by atoms with E-state index in [0.29, 0.717) is 16.8 Å². The highest BCUT2D eigenvalue weighted by molar-refractivity contribution is 9.10. The Morgan fingerprint density at radius 3 is 2.46 bits per heavy atom. The summed E-state index contributed by atoms with van der Waals surface area (Å²) in [5, 5.41) is 0. The van der Waals surface area contributed by atoms with Crippen molar-refractivity contribution in [2.45, 2.75) is 10.6 Å². The van der Waals surface area contributed by atoms with Crippen molar-refractivity contribution in [3.8, 4) is 5.69 Å². The molecule has 0 aliphatic rings. The number of hydrogen-bond acceptors (Lipinski definition) is 3. The van der Waals surface area contributed by atoms with Gasteiger partial charge in [-0.2, -0.15) is 0 Å². The number of amides is 1. The lowest BCUT2D eigenvalue weighted by atomic mass is 10.2. The lowest BCUT2D eigenvalue weighted by Gasteiger charge is -2.09. The molecule has 0 fully saturated rings. The van der Waals surface area contributed by atoms with E-state index in [1.54, 1.807) is 36.0 Å². The summed E-state index contributed by atoms with van der Waals surface area (Å²) >= 11 is 5.09. The Balaban J connectivity index is 1.78. The molecule has 1 amide bonds. The Bertz CT molecular complexity index is 1160. The number of fused-ring (bicyclic) bond motifs is 1. The molecular weight excluding hydrogens is 441 g/mol. The van der Waals surface area contributed by atoms with E-state index < -0.39 is 5.91 Å². The smallest absolute Gasteiger partial charge is 0.248 e. The average molecular weight is 456 g/mol. The molecule has 0 bridgehead atoms. The molecule has 28 heavy (non-hydrogen) atoms. The van der Waals surface area contributed by atoms with Crippen LogP contribution in [0.25, 0.3) is 16.7 Å².